The maximum atomic E-state index is 5.97. The van der Waals surface area contributed by atoms with Crippen LogP contribution in [0.2, 0.25) is 0 Å². The van der Waals surface area contributed by atoms with Crippen LogP contribution in [0.15, 0.2) is 17.5 Å². The van der Waals surface area contributed by atoms with Crippen LogP contribution >= 0.6 is 34.3 Å². The lowest BCUT2D eigenvalue weighted by atomic mass is 9.96. The Morgan fingerprint density at radius 3 is 2.90 bits per heavy atom. The number of aryl methyl sites for hydroxylation is 2. The number of rotatable bonds is 2. The van der Waals surface area contributed by atoms with E-state index in [1.807, 2.05) is 11.3 Å². The summed E-state index contributed by atoms with van der Waals surface area (Å²) < 4.78 is 0. The molecule has 0 saturated heterocycles. The summed E-state index contributed by atoms with van der Waals surface area (Å²) in [7, 11) is 0. The fraction of sp³-hybridized carbons (Fsp3) is 0.333. The fourth-order valence-corrected chi connectivity index (χ4v) is 4.97. The minimum absolute atomic E-state index is 0.372. The maximum absolute atomic E-state index is 5.97. The Morgan fingerprint density at radius 2 is 2.10 bits per heavy atom. The van der Waals surface area contributed by atoms with Crippen LogP contribution < -0.4 is 0 Å². The lowest BCUT2D eigenvalue weighted by Gasteiger charge is -2.11. The summed E-state index contributed by atoms with van der Waals surface area (Å²) in [5, 5.41) is 3.38. The SMILES string of the molecule is ClCc1nc(-c2cccs2)c2c3c(sc2n1)CCCC3. The summed E-state index contributed by atoms with van der Waals surface area (Å²) >= 11 is 9.54. The molecule has 3 heterocycles. The van der Waals surface area contributed by atoms with E-state index in [1.165, 1.54) is 40.0 Å². The lowest BCUT2D eigenvalue weighted by Crippen LogP contribution is -2.00. The predicted octanol–water partition coefficient (Wildman–Crippen LogP) is 5.04. The molecule has 102 valence electrons. The second-order valence-electron chi connectivity index (χ2n) is 4.99. The van der Waals surface area contributed by atoms with E-state index >= 15 is 0 Å². The summed E-state index contributed by atoms with van der Waals surface area (Å²) in [4.78, 5) is 13.2. The smallest absolute Gasteiger partial charge is 0.145 e. The molecule has 0 bridgehead atoms. The first-order valence-electron chi connectivity index (χ1n) is 6.78. The van der Waals surface area contributed by atoms with Crippen LogP contribution in [0, 0.1) is 0 Å². The Bertz CT molecular complexity index is 762. The van der Waals surface area contributed by atoms with Gasteiger partial charge < -0.3 is 0 Å². The van der Waals surface area contributed by atoms with Crippen LogP contribution in [-0.4, -0.2) is 9.97 Å². The molecule has 0 aromatic carbocycles. The van der Waals surface area contributed by atoms with Gasteiger partial charge in [0.15, 0.2) is 0 Å². The van der Waals surface area contributed by atoms with Crippen molar-refractivity contribution in [2.45, 2.75) is 31.6 Å². The van der Waals surface area contributed by atoms with Gasteiger partial charge in [-0.15, -0.1) is 34.3 Å². The van der Waals surface area contributed by atoms with Crippen molar-refractivity contribution in [3.63, 3.8) is 0 Å². The number of nitrogens with zero attached hydrogens (tertiary/aromatic N) is 2. The summed E-state index contributed by atoms with van der Waals surface area (Å²) in [6.45, 7) is 0. The van der Waals surface area contributed by atoms with Crippen molar-refractivity contribution in [3.05, 3.63) is 33.8 Å². The maximum Gasteiger partial charge on any atom is 0.145 e. The number of alkyl halides is 1. The Labute approximate surface area is 130 Å². The highest BCUT2D eigenvalue weighted by Gasteiger charge is 2.21. The van der Waals surface area contributed by atoms with Crippen molar-refractivity contribution in [1.82, 2.24) is 9.97 Å². The Morgan fingerprint density at radius 1 is 1.20 bits per heavy atom. The van der Waals surface area contributed by atoms with Gasteiger partial charge in [0.2, 0.25) is 0 Å². The zero-order chi connectivity index (χ0) is 13.5. The fourth-order valence-electron chi connectivity index (χ4n) is 2.85. The zero-order valence-electron chi connectivity index (χ0n) is 10.9. The zero-order valence-corrected chi connectivity index (χ0v) is 13.2. The largest absolute Gasteiger partial charge is 0.230 e. The highest BCUT2D eigenvalue weighted by atomic mass is 35.5. The van der Waals surface area contributed by atoms with Crippen LogP contribution in [0.4, 0.5) is 0 Å². The number of halogens is 1. The molecule has 5 heteroatoms. The average molecular weight is 321 g/mol. The third-order valence-electron chi connectivity index (χ3n) is 3.74. The van der Waals surface area contributed by atoms with Gasteiger partial charge in [0, 0.05) is 10.3 Å². The number of thiophene rings is 2. The molecular formula is C15H13ClN2S2. The molecule has 0 radical (unpaired) electrons. The standard InChI is InChI=1S/C15H13ClN2S2/c16-8-12-17-14(11-6-3-7-19-11)13-9-4-1-2-5-10(9)20-15(13)18-12/h3,6-7H,1-2,4-5,8H2. The van der Waals surface area contributed by atoms with Gasteiger partial charge in [-0.2, -0.15) is 0 Å². The minimum atomic E-state index is 0.372. The normalized spacial score (nSPS) is 14.7. The highest BCUT2D eigenvalue weighted by Crippen LogP contribution is 2.40. The van der Waals surface area contributed by atoms with Gasteiger partial charge >= 0.3 is 0 Å². The molecule has 1 aliphatic rings. The molecule has 20 heavy (non-hydrogen) atoms. The second kappa shape index (κ2) is 5.10. The molecule has 0 aliphatic heterocycles. The minimum Gasteiger partial charge on any atom is -0.230 e. The third-order valence-corrected chi connectivity index (χ3v) is 6.04. The average Bonchev–Trinajstić information content (AvgIpc) is 3.13. The van der Waals surface area contributed by atoms with Gasteiger partial charge in [0.05, 0.1) is 16.5 Å². The Balaban J connectivity index is 2.06. The molecule has 4 rings (SSSR count). The van der Waals surface area contributed by atoms with Crippen molar-refractivity contribution in [1.29, 1.82) is 0 Å². The van der Waals surface area contributed by atoms with Crippen molar-refractivity contribution in [3.8, 4) is 10.6 Å². The van der Waals surface area contributed by atoms with Crippen molar-refractivity contribution in [2.24, 2.45) is 0 Å². The van der Waals surface area contributed by atoms with E-state index in [1.54, 1.807) is 11.3 Å². The van der Waals surface area contributed by atoms with E-state index in [-0.39, 0.29) is 0 Å². The van der Waals surface area contributed by atoms with E-state index in [9.17, 15) is 0 Å². The topological polar surface area (TPSA) is 25.8 Å². The number of fused-ring (bicyclic) bond motifs is 3. The molecular weight excluding hydrogens is 308 g/mol. The molecule has 3 aromatic heterocycles. The molecule has 3 aromatic rings. The summed E-state index contributed by atoms with van der Waals surface area (Å²) in [5.74, 6) is 1.11. The van der Waals surface area contributed by atoms with E-state index in [0.29, 0.717) is 5.88 Å². The predicted molar refractivity (Wildman–Crippen MR) is 86.9 cm³/mol. The monoisotopic (exact) mass is 320 g/mol. The molecule has 0 unspecified atom stereocenters. The van der Waals surface area contributed by atoms with Gasteiger partial charge in [-0.05, 0) is 42.7 Å². The molecule has 0 amide bonds. The highest BCUT2D eigenvalue weighted by molar-refractivity contribution is 7.19. The van der Waals surface area contributed by atoms with Crippen LogP contribution in [0.5, 0.6) is 0 Å². The molecule has 0 atom stereocenters. The van der Waals surface area contributed by atoms with Crippen LogP contribution in [0.3, 0.4) is 0 Å². The first-order valence-corrected chi connectivity index (χ1v) is 9.01. The van der Waals surface area contributed by atoms with Crippen molar-refractivity contribution < 1.29 is 0 Å². The number of aromatic nitrogens is 2. The lowest BCUT2D eigenvalue weighted by molar-refractivity contribution is 0.700. The van der Waals surface area contributed by atoms with E-state index < -0.39 is 0 Å². The quantitative estimate of drug-likeness (QED) is 0.618. The van der Waals surface area contributed by atoms with Crippen LogP contribution in [-0.2, 0) is 18.7 Å². The van der Waals surface area contributed by atoms with Crippen LogP contribution in [0.1, 0.15) is 29.1 Å². The van der Waals surface area contributed by atoms with Gasteiger partial charge in [-0.1, -0.05) is 6.07 Å². The molecule has 2 nitrogen and oxygen atoms in total. The van der Waals surface area contributed by atoms with E-state index in [0.717, 1.165) is 22.8 Å². The summed E-state index contributed by atoms with van der Waals surface area (Å²) in [6.07, 6.45) is 4.93. The second-order valence-corrected chi connectivity index (χ2v) is 7.29. The van der Waals surface area contributed by atoms with Crippen molar-refractivity contribution in [2.75, 3.05) is 0 Å². The third kappa shape index (κ3) is 1.98. The Hall–Kier alpha value is -0.970. The molecule has 0 fully saturated rings. The molecule has 0 spiro atoms. The molecule has 0 saturated carbocycles. The van der Waals surface area contributed by atoms with Crippen molar-refractivity contribution >= 4 is 44.5 Å². The van der Waals surface area contributed by atoms with Gasteiger partial charge in [-0.25, -0.2) is 9.97 Å². The van der Waals surface area contributed by atoms with Crippen LogP contribution in [0.25, 0.3) is 20.8 Å². The molecule has 0 N–H and O–H groups in total. The number of hydrogen-bond acceptors (Lipinski definition) is 4. The molecule has 1 aliphatic carbocycles. The van der Waals surface area contributed by atoms with Gasteiger partial charge in [0.1, 0.15) is 10.7 Å². The summed E-state index contributed by atoms with van der Waals surface area (Å²) in [5.41, 5.74) is 2.57. The van der Waals surface area contributed by atoms with E-state index in [2.05, 4.69) is 22.5 Å². The van der Waals surface area contributed by atoms with Gasteiger partial charge in [0.25, 0.3) is 0 Å². The Kier molecular flexibility index (Phi) is 3.25. The first-order chi connectivity index (χ1) is 9.86. The summed E-state index contributed by atoms with van der Waals surface area (Å²) in [6, 6.07) is 4.21. The van der Waals surface area contributed by atoms with Gasteiger partial charge in [-0.3, -0.25) is 0 Å². The van der Waals surface area contributed by atoms with E-state index in [4.69, 9.17) is 16.6 Å². The number of hydrogen-bond donors (Lipinski definition) is 0. The first kappa shape index (κ1) is 12.7.